The van der Waals surface area contributed by atoms with E-state index in [1.807, 2.05) is 32.9 Å². The van der Waals surface area contributed by atoms with Crippen molar-refractivity contribution in [3.8, 4) is 0 Å². The first-order chi connectivity index (χ1) is 10.4. The Bertz CT molecular complexity index is 721. The number of amides is 1. The van der Waals surface area contributed by atoms with E-state index in [9.17, 15) is 9.59 Å². The Morgan fingerprint density at radius 2 is 1.86 bits per heavy atom. The van der Waals surface area contributed by atoms with E-state index >= 15 is 0 Å². The molecular formula is C17H18ClNO2S. The molecule has 22 heavy (non-hydrogen) atoms. The zero-order valence-electron chi connectivity index (χ0n) is 12.8. The minimum absolute atomic E-state index is 0.0129. The van der Waals surface area contributed by atoms with Crippen LogP contribution < -0.4 is 5.32 Å². The minimum atomic E-state index is -0.183. The maximum absolute atomic E-state index is 12.1. The van der Waals surface area contributed by atoms with Crippen LogP contribution in [0.4, 0.5) is 5.69 Å². The molecule has 1 N–H and O–H groups in total. The number of hydrogen-bond acceptors (Lipinski definition) is 3. The molecule has 1 aromatic carbocycles. The normalized spacial score (nSPS) is 10.5. The molecule has 0 atom stereocenters. The maximum atomic E-state index is 12.1. The van der Waals surface area contributed by atoms with E-state index < -0.39 is 0 Å². The molecule has 1 aromatic heterocycles. The fourth-order valence-corrected chi connectivity index (χ4v) is 3.29. The van der Waals surface area contributed by atoms with Gasteiger partial charge in [0, 0.05) is 38.9 Å². The van der Waals surface area contributed by atoms with E-state index in [-0.39, 0.29) is 24.5 Å². The highest BCUT2D eigenvalue weighted by Crippen LogP contribution is 2.23. The molecule has 0 aliphatic rings. The average molecular weight is 336 g/mol. The van der Waals surface area contributed by atoms with E-state index in [1.54, 1.807) is 23.5 Å². The van der Waals surface area contributed by atoms with Gasteiger partial charge < -0.3 is 5.32 Å². The van der Waals surface area contributed by atoms with Crippen molar-refractivity contribution >= 4 is 40.3 Å². The van der Waals surface area contributed by atoms with Crippen molar-refractivity contribution in [2.75, 3.05) is 5.32 Å². The van der Waals surface area contributed by atoms with Crippen molar-refractivity contribution in [2.24, 2.45) is 0 Å². The predicted octanol–water partition coefficient (Wildman–Crippen LogP) is 4.93. The summed E-state index contributed by atoms with van der Waals surface area (Å²) in [6.07, 6.45) is 0.376. The molecular weight excluding hydrogens is 318 g/mol. The van der Waals surface area contributed by atoms with Crippen LogP contribution in [-0.2, 0) is 4.79 Å². The van der Waals surface area contributed by atoms with Gasteiger partial charge in [-0.2, -0.15) is 0 Å². The number of thiophene rings is 1. The molecule has 0 saturated carbocycles. The molecule has 3 nitrogen and oxygen atoms in total. The number of benzene rings is 1. The summed E-state index contributed by atoms with van der Waals surface area (Å²) in [5.74, 6) is -0.170. The van der Waals surface area contributed by atoms with Gasteiger partial charge in [-0.05, 0) is 44.5 Å². The van der Waals surface area contributed by atoms with Gasteiger partial charge in [-0.15, -0.1) is 11.3 Å². The van der Waals surface area contributed by atoms with Crippen LogP contribution >= 0.6 is 22.9 Å². The van der Waals surface area contributed by atoms with Crippen molar-refractivity contribution in [1.29, 1.82) is 0 Å². The third kappa shape index (κ3) is 4.18. The van der Waals surface area contributed by atoms with Gasteiger partial charge >= 0.3 is 0 Å². The van der Waals surface area contributed by atoms with Gasteiger partial charge in [-0.1, -0.05) is 17.7 Å². The second kappa shape index (κ2) is 7.07. The van der Waals surface area contributed by atoms with Gasteiger partial charge in [-0.3, -0.25) is 9.59 Å². The number of halogens is 1. The van der Waals surface area contributed by atoms with E-state index in [0.717, 1.165) is 20.9 Å². The van der Waals surface area contributed by atoms with Gasteiger partial charge in [0.15, 0.2) is 5.78 Å². The van der Waals surface area contributed by atoms with Gasteiger partial charge in [0.1, 0.15) is 0 Å². The highest BCUT2D eigenvalue weighted by molar-refractivity contribution is 7.12. The first-order valence-electron chi connectivity index (χ1n) is 7.03. The third-order valence-corrected chi connectivity index (χ3v) is 4.75. The van der Waals surface area contributed by atoms with E-state index in [4.69, 9.17) is 11.6 Å². The summed E-state index contributed by atoms with van der Waals surface area (Å²) in [7, 11) is 0. The van der Waals surface area contributed by atoms with E-state index in [0.29, 0.717) is 10.7 Å². The number of carbonyl (C=O) groups is 2. The van der Waals surface area contributed by atoms with E-state index in [2.05, 4.69) is 5.32 Å². The standard InChI is InChI=1S/C17H18ClNO2S/c1-10-4-5-13(9-15(10)18)19-17(21)7-6-16(20)14-8-11(2)22-12(14)3/h4-5,8-9H,6-7H2,1-3H3,(H,19,21). The molecule has 0 saturated heterocycles. The SMILES string of the molecule is Cc1cc(C(=O)CCC(=O)Nc2ccc(C)c(Cl)c2)c(C)s1. The molecule has 1 amide bonds. The van der Waals surface area contributed by atoms with Crippen LogP contribution in [0.15, 0.2) is 24.3 Å². The smallest absolute Gasteiger partial charge is 0.224 e. The topological polar surface area (TPSA) is 46.2 Å². The second-order valence-corrected chi connectivity index (χ2v) is 7.13. The first kappa shape index (κ1) is 16.7. The molecule has 2 rings (SSSR count). The molecule has 0 aliphatic heterocycles. The third-order valence-electron chi connectivity index (χ3n) is 3.38. The Morgan fingerprint density at radius 1 is 1.14 bits per heavy atom. The molecule has 0 spiro atoms. The van der Waals surface area contributed by atoms with Crippen molar-refractivity contribution < 1.29 is 9.59 Å². The molecule has 5 heteroatoms. The van der Waals surface area contributed by atoms with Crippen molar-refractivity contribution in [1.82, 2.24) is 0 Å². The van der Waals surface area contributed by atoms with Crippen LogP contribution in [0.2, 0.25) is 5.02 Å². The lowest BCUT2D eigenvalue weighted by atomic mass is 10.1. The second-order valence-electron chi connectivity index (χ2n) is 5.26. The number of anilines is 1. The summed E-state index contributed by atoms with van der Waals surface area (Å²) in [6.45, 7) is 5.80. The van der Waals surface area contributed by atoms with Crippen LogP contribution in [0.25, 0.3) is 0 Å². The number of carbonyl (C=O) groups excluding carboxylic acids is 2. The lowest BCUT2D eigenvalue weighted by Gasteiger charge is -2.06. The quantitative estimate of drug-likeness (QED) is 0.787. The average Bonchev–Trinajstić information content (AvgIpc) is 2.79. The molecule has 0 fully saturated rings. The number of ketones is 1. The van der Waals surface area contributed by atoms with Gasteiger partial charge in [0.05, 0.1) is 0 Å². The van der Waals surface area contributed by atoms with Gasteiger partial charge in [0.25, 0.3) is 0 Å². The lowest BCUT2D eigenvalue weighted by Crippen LogP contribution is -2.13. The zero-order chi connectivity index (χ0) is 16.3. The molecule has 0 unspecified atom stereocenters. The molecule has 0 bridgehead atoms. The monoisotopic (exact) mass is 335 g/mol. The first-order valence-corrected chi connectivity index (χ1v) is 8.22. The number of aryl methyl sites for hydroxylation is 3. The molecule has 1 heterocycles. The zero-order valence-corrected chi connectivity index (χ0v) is 14.4. The van der Waals surface area contributed by atoms with Crippen molar-refractivity contribution in [3.63, 3.8) is 0 Å². The highest BCUT2D eigenvalue weighted by Gasteiger charge is 2.14. The fraction of sp³-hybridized carbons (Fsp3) is 0.294. The van der Waals surface area contributed by atoms with Gasteiger partial charge in [-0.25, -0.2) is 0 Å². The summed E-state index contributed by atoms with van der Waals surface area (Å²) < 4.78 is 0. The fourth-order valence-electron chi connectivity index (χ4n) is 2.16. The Labute approximate surface area is 139 Å². The molecule has 2 aromatic rings. The minimum Gasteiger partial charge on any atom is -0.326 e. The summed E-state index contributed by atoms with van der Waals surface area (Å²) in [4.78, 5) is 26.2. The number of rotatable bonds is 5. The van der Waals surface area contributed by atoms with Gasteiger partial charge in [0.2, 0.25) is 5.91 Å². The Hall–Kier alpha value is -1.65. The summed E-state index contributed by atoms with van der Waals surface area (Å²) in [6, 6.07) is 7.25. The number of nitrogens with one attached hydrogen (secondary N) is 1. The summed E-state index contributed by atoms with van der Waals surface area (Å²) in [5.41, 5.74) is 2.34. The number of hydrogen-bond donors (Lipinski definition) is 1. The summed E-state index contributed by atoms with van der Waals surface area (Å²) >= 11 is 7.62. The van der Waals surface area contributed by atoms with Crippen molar-refractivity contribution in [3.05, 3.63) is 50.2 Å². The Kier molecular flexibility index (Phi) is 5.37. The van der Waals surface area contributed by atoms with Crippen LogP contribution in [-0.4, -0.2) is 11.7 Å². The van der Waals surface area contributed by atoms with Crippen LogP contribution in [0.3, 0.4) is 0 Å². The largest absolute Gasteiger partial charge is 0.326 e. The summed E-state index contributed by atoms with van der Waals surface area (Å²) in [5, 5.41) is 3.37. The number of Topliss-reactive ketones (excluding diaryl/α,β-unsaturated/α-hetero) is 1. The maximum Gasteiger partial charge on any atom is 0.224 e. The van der Waals surface area contributed by atoms with Crippen molar-refractivity contribution in [2.45, 2.75) is 33.6 Å². The van der Waals surface area contributed by atoms with Crippen LogP contribution in [0.5, 0.6) is 0 Å². The van der Waals surface area contributed by atoms with E-state index in [1.165, 1.54) is 0 Å². The Morgan fingerprint density at radius 3 is 2.45 bits per heavy atom. The van der Waals surface area contributed by atoms with Crippen LogP contribution in [0.1, 0.15) is 38.5 Å². The highest BCUT2D eigenvalue weighted by atomic mass is 35.5. The molecule has 116 valence electrons. The molecule has 0 radical (unpaired) electrons. The Balaban J connectivity index is 1.91. The van der Waals surface area contributed by atoms with Crippen LogP contribution in [0, 0.1) is 20.8 Å². The lowest BCUT2D eigenvalue weighted by molar-refractivity contribution is -0.116. The molecule has 0 aliphatic carbocycles. The predicted molar refractivity (Wildman–Crippen MR) is 92.2 cm³/mol.